The predicted octanol–water partition coefficient (Wildman–Crippen LogP) is 3.95. The van der Waals surface area contributed by atoms with Gasteiger partial charge in [0.15, 0.2) is 0 Å². The van der Waals surface area contributed by atoms with Crippen LogP contribution in [0.1, 0.15) is 25.8 Å². The first-order chi connectivity index (χ1) is 12.8. The first kappa shape index (κ1) is 22.0. The molecule has 1 amide bonds. The minimum atomic E-state index is -0.279. The number of amides is 1. The second kappa shape index (κ2) is 10.3. The van der Waals surface area contributed by atoms with Crippen LogP contribution in [0.4, 0.5) is 0 Å². The number of aliphatic hydroxyl groups is 1. The summed E-state index contributed by atoms with van der Waals surface area (Å²) in [6.07, 6.45) is 6.83. The molecule has 1 unspecified atom stereocenters. The summed E-state index contributed by atoms with van der Waals surface area (Å²) in [6.45, 7) is 6.15. The SMILES string of the molecule is C/C=C\C(=C/C)C(CN1CC[C@H](O)C1)N(C)C(=O)Cc1ccc(Cl)c(Cl)c1. The number of allylic oxidation sites excluding steroid dienone is 2. The molecule has 27 heavy (non-hydrogen) atoms. The Balaban J connectivity index is 2.16. The van der Waals surface area contributed by atoms with Crippen LogP contribution in [0, 0.1) is 0 Å². The molecule has 0 spiro atoms. The third kappa shape index (κ3) is 6.08. The van der Waals surface area contributed by atoms with Crippen LogP contribution in [0.5, 0.6) is 0 Å². The minimum Gasteiger partial charge on any atom is -0.392 e. The molecule has 0 saturated carbocycles. The van der Waals surface area contributed by atoms with Gasteiger partial charge in [0.2, 0.25) is 5.91 Å². The summed E-state index contributed by atoms with van der Waals surface area (Å²) in [5.41, 5.74) is 1.92. The normalized spacial score (nSPS) is 19.6. The molecule has 4 nitrogen and oxygen atoms in total. The highest BCUT2D eigenvalue weighted by molar-refractivity contribution is 6.42. The standard InChI is InChI=1S/C21H28Cl2N2O2/c1-4-6-16(5-2)20(14-25-10-9-17(26)13-25)24(3)21(27)12-15-7-8-18(22)19(23)11-15/h4-8,11,17,20,26H,9-10,12-14H2,1-3H3/b6-4-,16-5+/t17-,20?/m0/s1. The fourth-order valence-corrected chi connectivity index (χ4v) is 3.71. The van der Waals surface area contributed by atoms with Crippen LogP contribution in [0.2, 0.25) is 10.0 Å². The molecule has 1 heterocycles. The first-order valence-corrected chi connectivity index (χ1v) is 10.00. The fourth-order valence-electron chi connectivity index (χ4n) is 3.39. The molecule has 1 aromatic carbocycles. The van der Waals surface area contributed by atoms with Gasteiger partial charge in [0.05, 0.1) is 28.6 Å². The lowest BCUT2D eigenvalue weighted by atomic mass is 10.0. The molecule has 0 aromatic heterocycles. The van der Waals surface area contributed by atoms with E-state index in [2.05, 4.69) is 4.90 Å². The van der Waals surface area contributed by atoms with E-state index in [0.717, 1.165) is 24.1 Å². The monoisotopic (exact) mass is 410 g/mol. The van der Waals surface area contributed by atoms with E-state index in [9.17, 15) is 9.90 Å². The smallest absolute Gasteiger partial charge is 0.227 e. The molecular formula is C21H28Cl2N2O2. The summed E-state index contributed by atoms with van der Waals surface area (Å²) in [4.78, 5) is 17.0. The van der Waals surface area contributed by atoms with Gasteiger partial charge < -0.3 is 10.0 Å². The second-order valence-corrected chi connectivity index (χ2v) is 7.75. The van der Waals surface area contributed by atoms with Gasteiger partial charge in [-0.05, 0) is 43.5 Å². The number of hydrogen-bond acceptors (Lipinski definition) is 3. The number of rotatable bonds is 7. The Labute approximate surface area is 172 Å². The zero-order valence-electron chi connectivity index (χ0n) is 16.2. The lowest BCUT2D eigenvalue weighted by Gasteiger charge is -2.33. The van der Waals surface area contributed by atoms with Crippen molar-refractivity contribution < 1.29 is 9.90 Å². The van der Waals surface area contributed by atoms with Crippen molar-refractivity contribution in [1.29, 1.82) is 0 Å². The molecule has 1 N–H and O–H groups in total. The Kier molecular flexibility index (Phi) is 8.36. The van der Waals surface area contributed by atoms with Gasteiger partial charge in [0.1, 0.15) is 0 Å². The number of likely N-dealkylation sites (tertiary alicyclic amines) is 1. The van der Waals surface area contributed by atoms with Crippen molar-refractivity contribution in [3.8, 4) is 0 Å². The highest BCUT2D eigenvalue weighted by Crippen LogP contribution is 2.24. The maximum Gasteiger partial charge on any atom is 0.227 e. The van der Waals surface area contributed by atoms with Crippen LogP contribution in [0.25, 0.3) is 0 Å². The van der Waals surface area contributed by atoms with Crippen molar-refractivity contribution in [2.45, 2.75) is 38.8 Å². The highest BCUT2D eigenvalue weighted by Gasteiger charge is 2.28. The van der Waals surface area contributed by atoms with E-state index in [4.69, 9.17) is 23.2 Å². The van der Waals surface area contributed by atoms with Crippen LogP contribution in [-0.4, -0.2) is 59.6 Å². The predicted molar refractivity (Wildman–Crippen MR) is 112 cm³/mol. The maximum atomic E-state index is 12.9. The Morgan fingerprint density at radius 2 is 2.11 bits per heavy atom. The van der Waals surface area contributed by atoms with E-state index < -0.39 is 0 Å². The number of aliphatic hydroxyl groups excluding tert-OH is 1. The third-order valence-corrected chi connectivity index (χ3v) is 5.70. The van der Waals surface area contributed by atoms with E-state index >= 15 is 0 Å². The third-order valence-electron chi connectivity index (χ3n) is 4.96. The van der Waals surface area contributed by atoms with Crippen molar-refractivity contribution in [3.05, 3.63) is 57.6 Å². The molecule has 0 bridgehead atoms. The van der Waals surface area contributed by atoms with Crippen LogP contribution >= 0.6 is 23.2 Å². The minimum absolute atomic E-state index is 0.0157. The van der Waals surface area contributed by atoms with Crippen LogP contribution < -0.4 is 0 Å². The second-order valence-electron chi connectivity index (χ2n) is 6.94. The molecule has 2 atom stereocenters. The van der Waals surface area contributed by atoms with Gasteiger partial charge in [-0.1, -0.05) is 47.5 Å². The molecule has 1 saturated heterocycles. The topological polar surface area (TPSA) is 43.8 Å². The lowest BCUT2D eigenvalue weighted by molar-refractivity contribution is -0.130. The van der Waals surface area contributed by atoms with Crippen LogP contribution in [0.3, 0.4) is 0 Å². The largest absolute Gasteiger partial charge is 0.392 e. The molecule has 1 aliphatic rings. The van der Waals surface area contributed by atoms with Gasteiger partial charge in [0, 0.05) is 26.7 Å². The Hall–Kier alpha value is -1.33. The molecule has 1 aromatic rings. The van der Waals surface area contributed by atoms with Crippen LogP contribution in [-0.2, 0) is 11.2 Å². The number of carbonyl (C=O) groups is 1. The van der Waals surface area contributed by atoms with Crippen molar-refractivity contribution in [3.63, 3.8) is 0 Å². The van der Waals surface area contributed by atoms with Crippen molar-refractivity contribution in [2.24, 2.45) is 0 Å². The van der Waals surface area contributed by atoms with Gasteiger partial charge in [-0.2, -0.15) is 0 Å². The van der Waals surface area contributed by atoms with E-state index in [1.807, 2.05) is 45.2 Å². The Bertz CT molecular complexity index is 718. The molecule has 6 heteroatoms. The number of likely N-dealkylation sites (N-methyl/N-ethyl adjacent to an activating group) is 1. The number of halogens is 2. The van der Waals surface area contributed by atoms with Crippen LogP contribution in [0.15, 0.2) is 42.0 Å². The van der Waals surface area contributed by atoms with Gasteiger partial charge >= 0.3 is 0 Å². The number of benzene rings is 1. The first-order valence-electron chi connectivity index (χ1n) is 9.24. The molecular weight excluding hydrogens is 383 g/mol. The summed E-state index contributed by atoms with van der Waals surface area (Å²) in [5.74, 6) is 0.0157. The zero-order valence-corrected chi connectivity index (χ0v) is 17.7. The molecule has 0 radical (unpaired) electrons. The van der Waals surface area contributed by atoms with Gasteiger partial charge in [-0.25, -0.2) is 0 Å². The van der Waals surface area contributed by atoms with Crippen molar-refractivity contribution in [2.75, 3.05) is 26.7 Å². The summed E-state index contributed by atoms with van der Waals surface area (Å²) >= 11 is 12.0. The number of β-amino-alcohol motifs (C(OH)–C–C–N with tert-alkyl or cyclic N) is 1. The summed E-state index contributed by atoms with van der Waals surface area (Å²) < 4.78 is 0. The van der Waals surface area contributed by atoms with E-state index in [-0.39, 0.29) is 24.5 Å². The Morgan fingerprint density at radius 1 is 1.37 bits per heavy atom. The Morgan fingerprint density at radius 3 is 2.67 bits per heavy atom. The molecule has 0 aliphatic carbocycles. The number of nitrogens with zero attached hydrogens (tertiary/aromatic N) is 2. The zero-order chi connectivity index (χ0) is 20.0. The maximum absolute atomic E-state index is 12.9. The van der Waals surface area contributed by atoms with Gasteiger partial charge in [-0.3, -0.25) is 9.69 Å². The molecule has 148 valence electrons. The number of hydrogen-bond donors (Lipinski definition) is 1. The van der Waals surface area contributed by atoms with E-state index in [1.54, 1.807) is 17.0 Å². The summed E-state index contributed by atoms with van der Waals surface area (Å²) in [7, 11) is 1.84. The van der Waals surface area contributed by atoms with Gasteiger partial charge in [0.25, 0.3) is 0 Å². The van der Waals surface area contributed by atoms with E-state index in [1.165, 1.54) is 0 Å². The van der Waals surface area contributed by atoms with Crippen molar-refractivity contribution in [1.82, 2.24) is 9.80 Å². The van der Waals surface area contributed by atoms with E-state index in [0.29, 0.717) is 23.1 Å². The van der Waals surface area contributed by atoms with Gasteiger partial charge in [-0.15, -0.1) is 0 Å². The number of carbonyl (C=O) groups excluding carboxylic acids is 1. The average Bonchev–Trinajstić information content (AvgIpc) is 3.05. The fraction of sp³-hybridized carbons (Fsp3) is 0.476. The lowest BCUT2D eigenvalue weighted by Crippen LogP contribution is -2.46. The average molecular weight is 411 g/mol. The molecule has 1 aliphatic heterocycles. The quantitative estimate of drug-likeness (QED) is 0.691. The van der Waals surface area contributed by atoms with Crippen molar-refractivity contribution >= 4 is 29.1 Å². The molecule has 2 rings (SSSR count). The summed E-state index contributed by atoms with van der Waals surface area (Å²) in [6, 6.07) is 5.21. The highest BCUT2D eigenvalue weighted by atomic mass is 35.5. The molecule has 1 fully saturated rings. The summed E-state index contributed by atoms with van der Waals surface area (Å²) in [5, 5.41) is 10.8.